The van der Waals surface area contributed by atoms with Crippen molar-refractivity contribution in [3.05, 3.63) is 94.9 Å². The van der Waals surface area contributed by atoms with Crippen LogP contribution in [0.2, 0.25) is 0 Å². The van der Waals surface area contributed by atoms with Gasteiger partial charge in [-0.2, -0.15) is 0 Å². The van der Waals surface area contributed by atoms with E-state index in [9.17, 15) is 4.79 Å². The van der Waals surface area contributed by atoms with Crippen LogP contribution in [0.1, 0.15) is 34.4 Å². The predicted octanol–water partition coefficient (Wildman–Crippen LogP) is 4.52. The highest BCUT2D eigenvalue weighted by molar-refractivity contribution is 5.86. The van der Waals surface area contributed by atoms with E-state index in [0.717, 1.165) is 12.2 Å². The maximum absolute atomic E-state index is 12.8. The second-order valence-corrected chi connectivity index (χ2v) is 7.26. The van der Waals surface area contributed by atoms with Gasteiger partial charge in [0.2, 0.25) is 5.91 Å². The van der Waals surface area contributed by atoms with Crippen LogP contribution in [0.4, 0.5) is 0 Å². The normalized spacial score (nSPS) is 17.7. The second kappa shape index (κ2) is 6.49. The van der Waals surface area contributed by atoms with Crippen LogP contribution in [0.15, 0.2) is 71.3 Å². The molecule has 1 aliphatic carbocycles. The summed E-state index contributed by atoms with van der Waals surface area (Å²) in [7, 11) is 0. The Kier molecular flexibility index (Phi) is 4.15. The highest BCUT2D eigenvalue weighted by atomic mass is 16.3. The van der Waals surface area contributed by atoms with Crippen molar-refractivity contribution in [2.24, 2.45) is 5.92 Å². The van der Waals surface area contributed by atoms with Crippen LogP contribution in [0.25, 0.3) is 0 Å². The molecule has 1 saturated carbocycles. The molecule has 1 N–H and O–H groups in total. The molecule has 1 aliphatic rings. The van der Waals surface area contributed by atoms with Gasteiger partial charge in [-0.3, -0.25) is 4.79 Å². The monoisotopic (exact) mass is 345 g/mol. The lowest BCUT2D eigenvalue weighted by Gasteiger charge is -2.19. The summed E-state index contributed by atoms with van der Waals surface area (Å²) in [5, 5.41) is 3.03. The van der Waals surface area contributed by atoms with Crippen LogP contribution in [0.5, 0.6) is 0 Å². The fourth-order valence-electron chi connectivity index (χ4n) is 3.80. The first-order chi connectivity index (χ1) is 12.6. The molecule has 3 aromatic rings. The van der Waals surface area contributed by atoms with E-state index in [2.05, 4.69) is 67.7 Å². The van der Waals surface area contributed by atoms with Gasteiger partial charge >= 0.3 is 0 Å². The summed E-state index contributed by atoms with van der Waals surface area (Å²) in [5.41, 5.74) is 4.66. The van der Waals surface area contributed by atoms with Crippen molar-refractivity contribution in [2.75, 3.05) is 0 Å². The Hall–Kier alpha value is -2.81. The number of benzene rings is 2. The number of carbonyl (C=O) groups is 1. The fraction of sp³-hybridized carbons (Fsp3) is 0.261. The number of aryl methyl sites for hydroxylation is 2. The number of rotatable bonds is 5. The van der Waals surface area contributed by atoms with Crippen LogP contribution < -0.4 is 5.32 Å². The minimum Gasteiger partial charge on any atom is -0.467 e. The SMILES string of the molecule is Cc1ccc(C2(c3ccc(C)cc3)CC2C(=O)NCc2ccco2)cc1. The molecule has 0 spiro atoms. The standard InChI is InChI=1S/C23H23NO2/c1-16-5-9-18(10-6-16)23(19-11-7-17(2)8-12-19)14-21(23)22(25)24-15-20-4-3-13-26-20/h3-13,21H,14-15H2,1-2H3,(H,24,25). The summed E-state index contributed by atoms with van der Waals surface area (Å²) < 4.78 is 5.32. The topological polar surface area (TPSA) is 42.2 Å². The van der Waals surface area contributed by atoms with Gasteiger partial charge < -0.3 is 9.73 Å². The third-order valence-corrected chi connectivity index (χ3v) is 5.43. The molecular weight excluding hydrogens is 322 g/mol. The second-order valence-electron chi connectivity index (χ2n) is 7.26. The fourth-order valence-corrected chi connectivity index (χ4v) is 3.80. The molecule has 132 valence electrons. The molecule has 1 fully saturated rings. The molecule has 1 heterocycles. The van der Waals surface area contributed by atoms with E-state index < -0.39 is 0 Å². The maximum Gasteiger partial charge on any atom is 0.224 e. The lowest BCUT2D eigenvalue weighted by Crippen LogP contribution is -2.28. The Bertz CT molecular complexity index is 847. The van der Waals surface area contributed by atoms with E-state index in [4.69, 9.17) is 4.42 Å². The molecule has 0 bridgehead atoms. The minimum absolute atomic E-state index is 0.0529. The molecule has 1 amide bonds. The molecule has 4 rings (SSSR count). The van der Waals surface area contributed by atoms with Crippen molar-refractivity contribution in [3.8, 4) is 0 Å². The number of hydrogen-bond donors (Lipinski definition) is 1. The lowest BCUT2D eigenvalue weighted by molar-refractivity contribution is -0.122. The third-order valence-electron chi connectivity index (χ3n) is 5.43. The van der Waals surface area contributed by atoms with Crippen molar-refractivity contribution in [3.63, 3.8) is 0 Å². The van der Waals surface area contributed by atoms with Gasteiger partial charge in [0.15, 0.2) is 0 Å². The van der Waals surface area contributed by atoms with Crippen LogP contribution in [0.3, 0.4) is 0 Å². The molecule has 3 nitrogen and oxygen atoms in total. The lowest BCUT2D eigenvalue weighted by atomic mass is 9.85. The summed E-state index contributed by atoms with van der Waals surface area (Å²) in [4.78, 5) is 12.8. The summed E-state index contributed by atoms with van der Waals surface area (Å²) in [6, 6.07) is 20.9. The molecule has 1 aromatic heterocycles. The molecule has 0 saturated heterocycles. The quantitative estimate of drug-likeness (QED) is 0.739. The van der Waals surface area contributed by atoms with E-state index in [0.29, 0.717) is 6.54 Å². The Labute approximate surface area is 154 Å². The minimum atomic E-state index is -0.228. The van der Waals surface area contributed by atoms with Gasteiger partial charge in [0.05, 0.1) is 18.7 Å². The Morgan fingerprint density at radius 3 is 2.08 bits per heavy atom. The first kappa shape index (κ1) is 16.6. The average molecular weight is 345 g/mol. The van der Waals surface area contributed by atoms with Gasteiger partial charge in [0.1, 0.15) is 5.76 Å². The van der Waals surface area contributed by atoms with Crippen LogP contribution in [-0.4, -0.2) is 5.91 Å². The van der Waals surface area contributed by atoms with Crippen LogP contribution in [0, 0.1) is 19.8 Å². The van der Waals surface area contributed by atoms with E-state index in [1.807, 2.05) is 12.1 Å². The number of hydrogen-bond acceptors (Lipinski definition) is 2. The van der Waals surface area contributed by atoms with Crippen LogP contribution >= 0.6 is 0 Å². The van der Waals surface area contributed by atoms with Crippen molar-refractivity contribution < 1.29 is 9.21 Å². The van der Waals surface area contributed by atoms with E-state index in [1.54, 1.807) is 6.26 Å². The molecular formula is C23H23NO2. The zero-order valence-corrected chi connectivity index (χ0v) is 15.2. The van der Waals surface area contributed by atoms with Crippen molar-refractivity contribution in [2.45, 2.75) is 32.2 Å². The highest BCUT2D eigenvalue weighted by Crippen LogP contribution is 2.59. The molecule has 0 aliphatic heterocycles. The first-order valence-corrected chi connectivity index (χ1v) is 9.04. The molecule has 26 heavy (non-hydrogen) atoms. The number of nitrogens with one attached hydrogen (secondary N) is 1. The Morgan fingerprint density at radius 1 is 1.00 bits per heavy atom. The summed E-state index contributed by atoms with van der Waals surface area (Å²) in [6.07, 6.45) is 2.46. The zero-order chi connectivity index (χ0) is 18.1. The highest BCUT2D eigenvalue weighted by Gasteiger charge is 2.60. The summed E-state index contributed by atoms with van der Waals surface area (Å²) in [5.74, 6) is 0.806. The van der Waals surface area contributed by atoms with Crippen LogP contribution in [-0.2, 0) is 16.8 Å². The maximum atomic E-state index is 12.8. The van der Waals surface area contributed by atoms with E-state index >= 15 is 0 Å². The third kappa shape index (κ3) is 2.94. The van der Waals surface area contributed by atoms with Crippen molar-refractivity contribution in [1.82, 2.24) is 5.32 Å². The van der Waals surface area contributed by atoms with Gasteiger partial charge in [-0.1, -0.05) is 59.7 Å². The van der Waals surface area contributed by atoms with Gasteiger partial charge in [0, 0.05) is 5.41 Å². The smallest absolute Gasteiger partial charge is 0.224 e. The predicted molar refractivity (Wildman–Crippen MR) is 102 cm³/mol. The summed E-state index contributed by atoms with van der Waals surface area (Å²) >= 11 is 0. The van der Waals surface area contributed by atoms with Gasteiger partial charge in [0.25, 0.3) is 0 Å². The molecule has 1 unspecified atom stereocenters. The van der Waals surface area contributed by atoms with Gasteiger partial charge in [-0.25, -0.2) is 0 Å². The average Bonchev–Trinajstić information content (AvgIpc) is 3.18. The molecule has 1 atom stereocenters. The Balaban J connectivity index is 1.62. The number of carbonyl (C=O) groups excluding carboxylic acids is 1. The van der Waals surface area contributed by atoms with Gasteiger partial charge in [-0.15, -0.1) is 0 Å². The van der Waals surface area contributed by atoms with Crippen molar-refractivity contribution >= 4 is 5.91 Å². The largest absolute Gasteiger partial charge is 0.467 e. The molecule has 3 heteroatoms. The van der Waals surface area contributed by atoms with E-state index in [1.165, 1.54) is 22.3 Å². The Morgan fingerprint density at radius 2 is 1.58 bits per heavy atom. The van der Waals surface area contributed by atoms with Crippen molar-refractivity contribution in [1.29, 1.82) is 0 Å². The van der Waals surface area contributed by atoms with E-state index in [-0.39, 0.29) is 17.2 Å². The molecule has 2 aromatic carbocycles. The number of amides is 1. The van der Waals surface area contributed by atoms with Gasteiger partial charge in [-0.05, 0) is 43.5 Å². The zero-order valence-electron chi connectivity index (χ0n) is 15.2. The number of furan rings is 1. The summed E-state index contributed by atoms with van der Waals surface area (Å²) in [6.45, 7) is 4.60. The first-order valence-electron chi connectivity index (χ1n) is 9.04. The molecule has 0 radical (unpaired) electrons.